The molecule has 16 heavy (non-hydrogen) atoms. The van der Waals surface area contributed by atoms with E-state index in [9.17, 15) is 0 Å². The van der Waals surface area contributed by atoms with Gasteiger partial charge in [-0.05, 0) is 25.0 Å². The van der Waals surface area contributed by atoms with Gasteiger partial charge in [0.05, 0.1) is 6.61 Å². The lowest BCUT2D eigenvalue weighted by Crippen LogP contribution is -2.31. The standard InChI is InChI=1S/C12H15NO3/c1-7(13)11-10-8(4-5-14-11)2-3-9-12(10)16-6-15-9/h2-3,7,11H,4-6,13H2,1H3/t7-,11?/m0/s1. The molecule has 4 nitrogen and oxygen atoms in total. The van der Waals surface area contributed by atoms with Crippen LogP contribution in [0, 0.1) is 0 Å². The number of hydrogen-bond donors (Lipinski definition) is 1. The van der Waals surface area contributed by atoms with Gasteiger partial charge in [0.25, 0.3) is 0 Å². The predicted octanol–water partition coefficient (Wildman–Crippen LogP) is 1.38. The van der Waals surface area contributed by atoms with Gasteiger partial charge < -0.3 is 19.9 Å². The van der Waals surface area contributed by atoms with Crippen molar-refractivity contribution in [2.45, 2.75) is 25.5 Å². The normalized spacial score (nSPS) is 24.0. The molecule has 1 aromatic carbocycles. The molecule has 0 aliphatic carbocycles. The Hall–Kier alpha value is -1.26. The Balaban J connectivity index is 2.13. The molecule has 0 fully saturated rings. The van der Waals surface area contributed by atoms with E-state index in [-0.39, 0.29) is 18.9 Å². The smallest absolute Gasteiger partial charge is 0.231 e. The minimum Gasteiger partial charge on any atom is -0.454 e. The highest BCUT2D eigenvalue weighted by atomic mass is 16.7. The van der Waals surface area contributed by atoms with Crippen molar-refractivity contribution in [1.29, 1.82) is 0 Å². The number of benzene rings is 1. The van der Waals surface area contributed by atoms with E-state index in [0.29, 0.717) is 0 Å². The van der Waals surface area contributed by atoms with Gasteiger partial charge in [-0.15, -0.1) is 0 Å². The number of nitrogens with two attached hydrogens (primary N) is 1. The number of hydrogen-bond acceptors (Lipinski definition) is 4. The van der Waals surface area contributed by atoms with Crippen LogP contribution in [0.2, 0.25) is 0 Å². The van der Waals surface area contributed by atoms with Crippen molar-refractivity contribution in [3.05, 3.63) is 23.3 Å². The predicted molar refractivity (Wildman–Crippen MR) is 58.6 cm³/mol. The van der Waals surface area contributed by atoms with Gasteiger partial charge in [-0.1, -0.05) is 6.07 Å². The fraction of sp³-hybridized carbons (Fsp3) is 0.500. The summed E-state index contributed by atoms with van der Waals surface area (Å²) in [5, 5.41) is 0. The van der Waals surface area contributed by atoms with Crippen LogP contribution >= 0.6 is 0 Å². The van der Waals surface area contributed by atoms with E-state index in [4.69, 9.17) is 19.9 Å². The van der Waals surface area contributed by atoms with E-state index in [0.717, 1.165) is 30.1 Å². The molecule has 86 valence electrons. The molecule has 2 heterocycles. The first-order valence-electron chi connectivity index (χ1n) is 5.56. The highest BCUT2D eigenvalue weighted by Crippen LogP contribution is 2.44. The third-order valence-electron chi connectivity index (χ3n) is 3.10. The lowest BCUT2D eigenvalue weighted by molar-refractivity contribution is 0.0263. The SMILES string of the molecule is C[C@H](N)C1OCCc2ccc3c(c21)OCO3. The van der Waals surface area contributed by atoms with Gasteiger partial charge in [0.15, 0.2) is 11.5 Å². The van der Waals surface area contributed by atoms with Crippen LogP contribution < -0.4 is 15.2 Å². The third-order valence-corrected chi connectivity index (χ3v) is 3.10. The molecule has 1 aromatic rings. The quantitative estimate of drug-likeness (QED) is 0.778. The summed E-state index contributed by atoms with van der Waals surface area (Å²) in [6, 6.07) is 4.00. The molecule has 0 radical (unpaired) electrons. The van der Waals surface area contributed by atoms with Gasteiger partial charge in [-0.2, -0.15) is 0 Å². The molecule has 3 rings (SSSR count). The van der Waals surface area contributed by atoms with Crippen LogP contribution in [0.3, 0.4) is 0 Å². The monoisotopic (exact) mass is 221 g/mol. The first-order valence-corrected chi connectivity index (χ1v) is 5.56. The summed E-state index contributed by atoms with van der Waals surface area (Å²) in [6.07, 6.45) is 0.829. The van der Waals surface area contributed by atoms with E-state index in [1.807, 2.05) is 13.0 Å². The molecule has 4 heteroatoms. The Morgan fingerprint density at radius 2 is 2.25 bits per heavy atom. The molecule has 0 saturated carbocycles. The van der Waals surface area contributed by atoms with Crippen LogP contribution in [0.4, 0.5) is 0 Å². The minimum absolute atomic E-state index is 0.0465. The lowest BCUT2D eigenvalue weighted by Gasteiger charge is -2.29. The molecule has 0 amide bonds. The Kier molecular flexibility index (Phi) is 2.26. The van der Waals surface area contributed by atoms with Crippen LogP contribution in [0.1, 0.15) is 24.2 Å². The van der Waals surface area contributed by atoms with Crippen LogP contribution in [0.15, 0.2) is 12.1 Å². The second kappa shape index (κ2) is 3.64. The molecule has 0 aromatic heterocycles. The Morgan fingerprint density at radius 3 is 3.06 bits per heavy atom. The fourth-order valence-corrected chi connectivity index (χ4v) is 2.36. The maximum atomic E-state index is 5.95. The first-order chi connectivity index (χ1) is 7.77. The fourth-order valence-electron chi connectivity index (χ4n) is 2.36. The Morgan fingerprint density at radius 1 is 1.38 bits per heavy atom. The van der Waals surface area contributed by atoms with Crippen molar-refractivity contribution in [2.75, 3.05) is 13.4 Å². The second-order valence-electron chi connectivity index (χ2n) is 4.27. The van der Waals surface area contributed by atoms with E-state index < -0.39 is 0 Å². The summed E-state index contributed by atoms with van der Waals surface area (Å²) >= 11 is 0. The lowest BCUT2D eigenvalue weighted by atomic mass is 9.93. The summed E-state index contributed by atoms with van der Waals surface area (Å²) in [6.45, 7) is 2.96. The molecule has 0 spiro atoms. The molecule has 2 aliphatic heterocycles. The third kappa shape index (κ3) is 1.37. The molecule has 2 aliphatic rings. The van der Waals surface area contributed by atoms with Gasteiger partial charge >= 0.3 is 0 Å². The first kappa shape index (κ1) is 9.93. The van der Waals surface area contributed by atoms with Crippen LogP contribution in [0.5, 0.6) is 11.5 Å². The van der Waals surface area contributed by atoms with Gasteiger partial charge in [0, 0.05) is 11.6 Å². The average molecular weight is 221 g/mol. The molecule has 0 saturated heterocycles. The highest BCUT2D eigenvalue weighted by Gasteiger charge is 2.31. The van der Waals surface area contributed by atoms with Gasteiger partial charge in [-0.3, -0.25) is 0 Å². The summed E-state index contributed by atoms with van der Waals surface area (Å²) < 4.78 is 16.6. The molecular weight excluding hydrogens is 206 g/mol. The topological polar surface area (TPSA) is 53.7 Å². The minimum atomic E-state index is -0.0830. The highest BCUT2D eigenvalue weighted by molar-refractivity contribution is 5.54. The zero-order valence-corrected chi connectivity index (χ0v) is 9.23. The van der Waals surface area contributed by atoms with Crippen molar-refractivity contribution in [2.24, 2.45) is 5.73 Å². The van der Waals surface area contributed by atoms with Crippen molar-refractivity contribution in [3.8, 4) is 11.5 Å². The van der Waals surface area contributed by atoms with E-state index in [1.165, 1.54) is 5.56 Å². The van der Waals surface area contributed by atoms with Crippen LogP contribution in [-0.2, 0) is 11.2 Å². The van der Waals surface area contributed by atoms with Gasteiger partial charge in [0.2, 0.25) is 6.79 Å². The number of rotatable bonds is 1. The molecule has 2 atom stereocenters. The van der Waals surface area contributed by atoms with Crippen molar-refractivity contribution in [1.82, 2.24) is 0 Å². The average Bonchev–Trinajstić information content (AvgIpc) is 2.76. The molecule has 0 bridgehead atoms. The Bertz CT molecular complexity index is 417. The van der Waals surface area contributed by atoms with Crippen molar-refractivity contribution in [3.63, 3.8) is 0 Å². The summed E-state index contributed by atoms with van der Waals surface area (Å²) in [5.74, 6) is 1.62. The van der Waals surface area contributed by atoms with Crippen LogP contribution in [-0.4, -0.2) is 19.4 Å². The molecule has 1 unspecified atom stereocenters. The van der Waals surface area contributed by atoms with Gasteiger partial charge in [0.1, 0.15) is 6.10 Å². The summed E-state index contributed by atoms with van der Waals surface area (Å²) in [5.41, 5.74) is 8.30. The van der Waals surface area contributed by atoms with Crippen molar-refractivity contribution < 1.29 is 14.2 Å². The van der Waals surface area contributed by atoms with E-state index in [1.54, 1.807) is 0 Å². The van der Waals surface area contributed by atoms with E-state index in [2.05, 4.69) is 6.07 Å². The van der Waals surface area contributed by atoms with Crippen LogP contribution in [0.25, 0.3) is 0 Å². The maximum Gasteiger partial charge on any atom is 0.231 e. The van der Waals surface area contributed by atoms with E-state index >= 15 is 0 Å². The number of ether oxygens (including phenoxy) is 3. The van der Waals surface area contributed by atoms with Crippen molar-refractivity contribution >= 4 is 0 Å². The number of fused-ring (bicyclic) bond motifs is 3. The zero-order chi connectivity index (χ0) is 11.1. The molecule has 2 N–H and O–H groups in total. The zero-order valence-electron chi connectivity index (χ0n) is 9.23. The largest absolute Gasteiger partial charge is 0.454 e. The summed E-state index contributed by atoms with van der Waals surface area (Å²) in [4.78, 5) is 0. The van der Waals surface area contributed by atoms with Gasteiger partial charge in [-0.25, -0.2) is 0 Å². The molecular formula is C12H15NO3. The summed E-state index contributed by atoms with van der Waals surface area (Å²) in [7, 11) is 0. The maximum absolute atomic E-state index is 5.95. The Labute approximate surface area is 94.3 Å². The second-order valence-corrected chi connectivity index (χ2v) is 4.27.